The maximum Gasteiger partial charge on any atom is 0.258 e. The van der Waals surface area contributed by atoms with Crippen LogP contribution in [0.2, 0.25) is 5.02 Å². The normalized spacial score (nSPS) is 15.5. The van der Waals surface area contributed by atoms with Crippen molar-refractivity contribution in [3.8, 4) is 5.75 Å². The van der Waals surface area contributed by atoms with Gasteiger partial charge in [-0.05, 0) is 42.5 Å². The minimum Gasteiger partial charge on any atom is -0.508 e. The number of H-pyrrole nitrogens is 1. The molecular weight excluding hydrogens is 352 g/mol. The molecule has 4 rings (SSSR count). The molecule has 2 heterocycles. The lowest BCUT2D eigenvalue weighted by Gasteiger charge is -2.35. The largest absolute Gasteiger partial charge is 0.508 e. The predicted octanol–water partition coefficient (Wildman–Crippen LogP) is 2.60. The summed E-state index contributed by atoms with van der Waals surface area (Å²) in [6.07, 6.45) is 0. The molecule has 1 aliphatic rings. The Hall–Kier alpha value is -2.57. The minimum atomic E-state index is -0.135. The second-order valence-electron chi connectivity index (χ2n) is 6.45. The first-order chi connectivity index (χ1) is 12.6. The van der Waals surface area contributed by atoms with Gasteiger partial charge in [0.1, 0.15) is 11.6 Å². The molecule has 2 N–H and O–H groups in total. The highest BCUT2D eigenvalue weighted by molar-refractivity contribution is 6.31. The van der Waals surface area contributed by atoms with Gasteiger partial charge in [0.15, 0.2) is 0 Å². The summed E-state index contributed by atoms with van der Waals surface area (Å²) in [5.74, 6) is 0.932. The van der Waals surface area contributed by atoms with E-state index in [0.29, 0.717) is 28.3 Å². The number of nitrogens with zero attached hydrogens (tertiary/aromatic N) is 3. The van der Waals surface area contributed by atoms with Gasteiger partial charge < -0.3 is 15.0 Å². The lowest BCUT2D eigenvalue weighted by atomic mass is 10.2. The fraction of sp³-hybridized carbons (Fsp3) is 0.263. The summed E-state index contributed by atoms with van der Waals surface area (Å²) in [5.41, 5.74) is 1.60. The van der Waals surface area contributed by atoms with Gasteiger partial charge in [0, 0.05) is 36.9 Å². The third kappa shape index (κ3) is 3.52. The Bertz CT molecular complexity index is 979. The summed E-state index contributed by atoms with van der Waals surface area (Å²) in [7, 11) is 0. The monoisotopic (exact) mass is 370 g/mol. The number of anilines is 1. The first-order valence-electron chi connectivity index (χ1n) is 8.53. The molecule has 134 valence electrons. The molecule has 3 aromatic rings. The van der Waals surface area contributed by atoms with Gasteiger partial charge in [-0.1, -0.05) is 11.6 Å². The molecule has 1 fully saturated rings. The Labute approximate surface area is 155 Å². The number of fused-ring (bicyclic) bond motifs is 1. The zero-order valence-electron chi connectivity index (χ0n) is 14.2. The van der Waals surface area contributed by atoms with Crippen molar-refractivity contribution >= 4 is 28.2 Å². The van der Waals surface area contributed by atoms with Crippen LogP contribution < -0.4 is 10.5 Å². The van der Waals surface area contributed by atoms with Crippen LogP contribution in [0.1, 0.15) is 5.82 Å². The quantitative estimate of drug-likeness (QED) is 0.741. The molecule has 1 aliphatic heterocycles. The lowest BCUT2D eigenvalue weighted by molar-refractivity contribution is 0.244. The Morgan fingerprint density at radius 2 is 1.81 bits per heavy atom. The second-order valence-corrected chi connectivity index (χ2v) is 6.89. The molecule has 0 unspecified atom stereocenters. The van der Waals surface area contributed by atoms with Gasteiger partial charge >= 0.3 is 0 Å². The summed E-state index contributed by atoms with van der Waals surface area (Å²) in [5, 5.41) is 10.5. The van der Waals surface area contributed by atoms with E-state index in [9.17, 15) is 9.90 Å². The molecule has 1 saturated heterocycles. The fourth-order valence-electron chi connectivity index (χ4n) is 3.28. The molecule has 2 aromatic carbocycles. The van der Waals surface area contributed by atoms with Crippen molar-refractivity contribution in [3.05, 3.63) is 63.7 Å². The van der Waals surface area contributed by atoms with E-state index in [-0.39, 0.29) is 11.3 Å². The molecule has 0 radical (unpaired) electrons. The van der Waals surface area contributed by atoms with E-state index in [1.165, 1.54) is 0 Å². The Balaban J connectivity index is 1.45. The zero-order valence-corrected chi connectivity index (χ0v) is 14.9. The second kappa shape index (κ2) is 6.97. The van der Waals surface area contributed by atoms with E-state index in [0.717, 1.165) is 31.9 Å². The number of aromatic hydroxyl groups is 1. The first-order valence-corrected chi connectivity index (χ1v) is 8.91. The van der Waals surface area contributed by atoms with Gasteiger partial charge in [0.25, 0.3) is 5.56 Å². The van der Waals surface area contributed by atoms with Gasteiger partial charge in [-0.3, -0.25) is 9.69 Å². The number of halogens is 1. The summed E-state index contributed by atoms with van der Waals surface area (Å²) >= 11 is 6.02. The van der Waals surface area contributed by atoms with E-state index in [4.69, 9.17) is 11.6 Å². The number of piperazine rings is 1. The van der Waals surface area contributed by atoms with E-state index in [1.54, 1.807) is 30.3 Å². The van der Waals surface area contributed by atoms with Gasteiger partial charge in [0.2, 0.25) is 0 Å². The van der Waals surface area contributed by atoms with Crippen LogP contribution in [-0.4, -0.2) is 46.2 Å². The van der Waals surface area contributed by atoms with Crippen molar-refractivity contribution < 1.29 is 5.11 Å². The number of phenolic OH excluding ortho intramolecular Hbond substituents is 1. The number of aromatic amines is 1. The standard InChI is InChI=1S/C19H19ClN4O2/c20-13-1-6-16-17(11-13)21-18(22-19(16)26)12-23-7-9-24(10-8-23)14-2-4-15(25)5-3-14/h1-6,11,25H,7-10,12H2,(H,21,22,26). The van der Waals surface area contributed by atoms with E-state index >= 15 is 0 Å². The van der Waals surface area contributed by atoms with Crippen LogP contribution in [0.5, 0.6) is 5.75 Å². The molecule has 0 atom stereocenters. The van der Waals surface area contributed by atoms with Crippen LogP contribution in [0.4, 0.5) is 5.69 Å². The molecular formula is C19H19ClN4O2. The molecule has 0 saturated carbocycles. The highest BCUT2D eigenvalue weighted by Gasteiger charge is 2.18. The fourth-order valence-corrected chi connectivity index (χ4v) is 3.44. The van der Waals surface area contributed by atoms with E-state index in [2.05, 4.69) is 19.8 Å². The van der Waals surface area contributed by atoms with Crippen molar-refractivity contribution in [2.45, 2.75) is 6.54 Å². The number of benzene rings is 2. The zero-order chi connectivity index (χ0) is 18.1. The van der Waals surface area contributed by atoms with Crippen molar-refractivity contribution in [1.82, 2.24) is 14.9 Å². The maximum atomic E-state index is 12.2. The van der Waals surface area contributed by atoms with Crippen LogP contribution in [-0.2, 0) is 6.54 Å². The number of nitrogens with one attached hydrogen (secondary N) is 1. The van der Waals surface area contributed by atoms with Crippen molar-refractivity contribution in [2.75, 3.05) is 31.1 Å². The highest BCUT2D eigenvalue weighted by atomic mass is 35.5. The smallest absolute Gasteiger partial charge is 0.258 e. The maximum absolute atomic E-state index is 12.2. The molecule has 7 heteroatoms. The summed E-state index contributed by atoms with van der Waals surface area (Å²) < 4.78 is 0. The highest BCUT2D eigenvalue weighted by Crippen LogP contribution is 2.20. The van der Waals surface area contributed by atoms with Crippen molar-refractivity contribution in [2.24, 2.45) is 0 Å². The predicted molar refractivity (Wildman–Crippen MR) is 103 cm³/mol. The molecule has 1 aromatic heterocycles. The SMILES string of the molecule is O=c1[nH]c(CN2CCN(c3ccc(O)cc3)CC2)nc2cc(Cl)ccc12. The Kier molecular flexibility index (Phi) is 4.53. The van der Waals surface area contributed by atoms with Gasteiger partial charge in [-0.25, -0.2) is 4.98 Å². The molecule has 0 aliphatic carbocycles. The van der Waals surface area contributed by atoms with E-state index < -0.39 is 0 Å². The minimum absolute atomic E-state index is 0.135. The van der Waals surface area contributed by atoms with Crippen LogP contribution in [0, 0.1) is 0 Å². The van der Waals surface area contributed by atoms with Crippen LogP contribution in [0.15, 0.2) is 47.3 Å². The van der Waals surface area contributed by atoms with E-state index in [1.807, 2.05) is 12.1 Å². The Morgan fingerprint density at radius 1 is 1.08 bits per heavy atom. The number of rotatable bonds is 3. The summed E-state index contributed by atoms with van der Waals surface area (Å²) in [4.78, 5) is 24.2. The molecule has 0 spiro atoms. The average molecular weight is 371 g/mol. The number of hydrogen-bond donors (Lipinski definition) is 2. The molecule has 26 heavy (non-hydrogen) atoms. The van der Waals surface area contributed by atoms with Gasteiger partial charge in [-0.15, -0.1) is 0 Å². The number of hydrogen-bond acceptors (Lipinski definition) is 5. The lowest BCUT2D eigenvalue weighted by Crippen LogP contribution is -2.46. The number of phenols is 1. The summed E-state index contributed by atoms with van der Waals surface area (Å²) in [6, 6.07) is 12.4. The number of aromatic nitrogens is 2. The van der Waals surface area contributed by atoms with Crippen molar-refractivity contribution in [1.29, 1.82) is 0 Å². The molecule has 0 amide bonds. The van der Waals surface area contributed by atoms with Crippen molar-refractivity contribution in [3.63, 3.8) is 0 Å². The molecule has 6 nitrogen and oxygen atoms in total. The third-order valence-electron chi connectivity index (χ3n) is 4.68. The Morgan fingerprint density at radius 3 is 2.54 bits per heavy atom. The molecule has 0 bridgehead atoms. The van der Waals surface area contributed by atoms with Gasteiger partial charge in [0.05, 0.1) is 17.4 Å². The first kappa shape index (κ1) is 16.9. The van der Waals surface area contributed by atoms with Crippen LogP contribution >= 0.6 is 11.6 Å². The topological polar surface area (TPSA) is 72.5 Å². The average Bonchev–Trinajstić information content (AvgIpc) is 2.63. The van der Waals surface area contributed by atoms with Gasteiger partial charge in [-0.2, -0.15) is 0 Å². The van der Waals surface area contributed by atoms with Crippen LogP contribution in [0.3, 0.4) is 0 Å². The third-order valence-corrected chi connectivity index (χ3v) is 4.91. The van der Waals surface area contributed by atoms with Crippen LogP contribution in [0.25, 0.3) is 10.9 Å². The summed E-state index contributed by atoms with van der Waals surface area (Å²) in [6.45, 7) is 4.11.